The van der Waals surface area contributed by atoms with Crippen LogP contribution < -0.4 is 0 Å². The molecule has 0 aromatic carbocycles. The van der Waals surface area contributed by atoms with E-state index in [0.717, 1.165) is 0 Å². The zero-order chi connectivity index (χ0) is 4.50. The van der Waals surface area contributed by atoms with Crippen LogP contribution in [0.1, 0.15) is 20.8 Å². The third-order valence-corrected chi connectivity index (χ3v) is 0. The second-order valence-corrected chi connectivity index (χ2v) is 2.56. The molecule has 0 atom stereocenters. The third-order valence-electron chi connectivity index (χ3n) is 0. The Morgan fingerprint density at radius 2 is 1.17 bits per heavy atom. The molecule has 0 amide bonds. The summed E-state index contributed by atoms with van der Waals surface area (Å²) < 4.78 is 0. The smallest absolute Gasteiger partial charge is 0 e. The van der Waals surface area contributed by atoms with Gasteiger partial charge in [0, 0.05) is 22.4 Å². The van der Waals surface area contributed by atoms with Gasteiger partial charge in [0.25, 0.3) is 0 Å². The van der Waals surface area contributed by atoms with Crippen LogP contribution in [0.3, 0.4) is 0 Å². The topological polar surface area (TPSA) is 0 Å². The number of rotatable bonds is 0. The predicted octanol–water partition coefficient (Wildman–Crippen LogP) is 1.86. The molecule has 0 aliphatic carbocycles. The summed E-state index contributed by atoms with van der Waals surface area (Å²) in [5, 5.41) is 0. The van der Waals surface area contributed by atoms with Gasteiger partial charge in [-0.05, 0) is 0 Å². The molecule has 0 N–H and O–H groups in total. The first-order chi connectivity index (χ1) is 2.00. The minimum atomic E-state index is 0. The molecule has 0 spiro atoms. The fraction of sp³-hybridized carbons (Fsp3) is 0.800. The van der Waals surface area contributed by atoms with Gasteiger partial charge in [-0.15, -0.1) is 0 Å². The van der Waals surface area contributed by atoms with Crippen molar-refractivity contribution >= 4 is 0 Å². The molecule has 0 rings (SSSR count). The van der Waals surface area contributed by atoms with Crippen LogP contribution in [-0.2, 0) is 22.4 Å². The van der Waals surface area contributed by atoms with Gasteiger partial charge in [-0.1, -0.05) is 20.8 Å². The summed E-state index contributed by atoms with van der Waals surface area (Å²) in [5.41, 5.74) is 0.250. The molecular formula is C5H11Ta-. The zero-order valence-electron chi connectivity index (χ0n) is 4.65. The average Bonchev–Trinajstić information content (AvgIpc) is 0.722. The Bertz CT molecular complexity index is 19.4. The molecule has 6 heavy (non-hydrogen) atoms. The molecule has 0 heterocycles. The minimum Gasteiger partial charge on any atom is -0.338 e. The standard InChI is InChI=1S/C5H11.Ta/c1-5(2,3)4;/h1H2,2-4H3;/q-1;. The minimum absolute atomic E-state index is 0. The van der Waals surface area contributed by atoms with Crippen molar-refractivity contribution in [2.24, 2.45) is 5.41 Å². The molecule has 0 aromatic rings. The largest absolute Gasteiger partial charge is 0.338 e. The zero-order valence-corrected chi connectivity index (χ0v) is 7.87. The van der Waals surface area contributed by atoms with Crippen molar-refractivity contribution in [1.82, 2.24) is 0 Å². The van der Waals surface area contributed by atoms with Crippen molar-refractivity contribution in [2.45, 2.75) is 20.8 Å². The van der Waals surface area contributed by atoms with Crippen molar-refractivity contribution in [3.8, 4) is 0 Å². The summed E-state index contributed by atoms with van der Waals surface area (Å²) in [4.78, 5) is 0. The molecule has 0 nitrogen and oxygen atoms in total. The first-order valence-electron chi connectivity index (χ1n) is 1.85. The van der Waals surface area contributed by atoms with Gasteiger partial charge in [-0.3, -0.25) is 0 Å². The Hall–Kier alpha value is 0.740. The Kier molecular flexibility index (Phi) is 4.68. The maximum atomic E-state index is 3.77. The summed E-state index contributed by atoms with van der Waals surface area (Å²) in [7, 11) is 0. The summed E-state index contributed by atoms with van der Waals surface area (Å²) >= 11 is 0. The van der Waals surface area contributed by atoms with E-state index in [1.165, 1.54) is 0 Å². The molecule has 37 valence electrons. The third kappa shape index (κ3) is 121. The second kappa shape index (κ2) is 2.84. The van der Waals surface area contributed by atoms with Crippen molar-refractivity contribution in [1.29, 1.82) is 0 Å². The maximum Gasteiger partial charge on any atom is 0 e. The SMILES string of the molecule is [CH2-]C(C)(C)C.[Ta]. The van der Waals surface area contributed by atoms with E-state index >= 15 is 0 Å². The monoisotopic (exact) mass is 252 g/mol. The molecule has 0 fully saturated rings. The molecule has 1 heteroatoms. The van der Waals surface area contributed by atoms with E-state index in [2.05, 4.69) is 27.7 Å². The van der Waals surface area contributed by atoms with Crippen LogP contribution in [0.4, 0.5) is 0 Å². The van der Waals surface area contributed by atoms with Crippen LogP contribution >= 0.6 is 0 Å². The van der Waals surface area contributed by atoms with Crippen LogP contribution in [0.5, 0.6) is 0 Å². The molecule has 0 unspecified atom stereocenters. The Labute approximate surface area is 55.8 Å². The molecule has 0 aliphatic heterocycles. The van der Waals surface area contributed by atoms with Gasteiger partial charge >= 0.3 is 0 Å². The van der Waals surface area contributed by atoms with Crippen molar-refractivity contribution in [3.63, 3.8) is 0 Å². The van der Waals surface area contributed by atoms with E-state index in [0.29, 0.717) is 0 Å². The van der Waals surface area contributed by atoms with Gasteiger partial charge in [0.1, 0.15) is 0 Å². The van der Waals surface area contributed by atoms with Gasteiger partial charge < -0.3 is 6.92 Å². The molecule has 0 aliphatic rings. The summed E-state index contributed by atoms with van der Waals surface area (Å²) in [6.07, 6.45) is 0. The second-order valence-electron chi connectivity index (χ2n) is 2.56. The normalized spacial score (nSPS) is 10.0. The number of hydrogen-bond acceptors (Lipinski definition) is 0. The molecular weight excluding hydrogens is 241 g/mol. The Balaban J connectivity index is 0. The van der Waals surface area contributed by atoms with Gasteiger partial charge in [0.2, 0.25) is 0 Å². The van der Waals surface area contributed by atoms with Gasteiger partial charge in [0.05, 0.1) is 0 Å². The van der Waals surface area contributed by atoms with Crippen molar-refractivity contribution in [3.05, 3.63) is 6.92 Å². The van der Waals surface area contributed by atoms with E-state index < -0.39 is 0 Å². The van der Waals surface area contributed by atoms with E-state index in [1.54, 1.807) is 0 Å². The first kappa shape index (κ1) is 9.88. The van der Waals surface area contributed by atoms with Crippen molar-refractivity contribution in [2.75, 3.05) is 0 Å². The Morgan fingerprint density at radius 1 is 1.17 bits per heavy atom. The maximum absolute atomic E-state index is 3.77. The summed E-state index contributed by atoms with van der Waals surface area (Å²) in [5.74, 6) is 0. The molecule has 1 radical (unpaired) electrons. The molecule has 0 saturated carbocycles. The predicted molar refractivity (Wildman–Crippen MR) is 24.8 cm³/mol. The van der Waals surface area contributed by atoms with Crippen LogP contribution in [0, 0.1) is 12.3 Å². The molecule has 0 saturated heterocycles. The molecule has 0 bridgehead atoms. The van der Waals surface area contributed by atoms with Gasteiger partial charge in [-0.2, -0.15) is 5.41 Å². The van der Waals surface area contributed by atoms with Gasteiger partial charge in [-0.25, -0.2) is 0 Å². The van der Waals surface area contributed by atoms with Gasteiger partial charge in [0.15, 0.2) is 0 Å². The number of hydrogen-bond donors (Lipinski definition) is 0. The fourth-order valence-electron chi connectivity index (χ4n) is 0. The summed E-state index contributed by atoms with van der Waals surface area (Å²) in [6.45, 7) is 10.0. The summed E-state index contributed by atoms with van der Waals surface area (Å²) in [6, 6.07) is 0. The van der Waals surface area contributed by atoms with E-state index in [9.17, 15) is 0 Å². The quantitative estimate of drug-likeness (QED) is 0.577. The van der Waals surface area contributed by atoms with Crippen molar-refractivity contribution < 1.29 is 22.4 Å². The van der Waals surface area contributed by atoms with E-state index in [4.69, 9.17) is 0 Å². The van der Waals surface area contributed by atoms with E-state index in [1.807, 2.05) is 0 Å². The van der Waals surface area contributed by atoms with Crippen LogP contribution in [-0.4, -0.2) is 0 Å². The first-order valence-corrected chi connectivity index (χ1v) is 1.85. The van der Waals surface area contributed by atoms with Crippen LogP contribution in [0.2, 0.25) is 0 Å². The molecule has 0 aromatic heterocycles. The average molecular weight is 252 g/mol. The fourth-order valence-corrected chi connectivity index (χ4v) is 0. The van der Waals surface area contributed by atoms with E-state index in [-0.39, 0.29) is 27.8 Å². The van der Waals surface area contributed by atoms with Crippen LogP contribution in [0.25, 0.3) is 0 Å². The Morgan fingerprint density at radius 3 is 1.17 bits per heavy atom. The van der Waals surface area contributed by atoms with Crippen LogP contribution in [0.15, 0.2) is 0 Å².